The van der Waals surface area contributed by atoms with Crippen molar-refractivity contribution in [2.24, 2.45) is 0 Å². The van der Waals surface area contributed by atoms with Crippen molar-refractivity contribution in [3.05, 3.63) is 71.8 Å². The molecule has 0 atom stereocenters. The number of hydrogen-bond donors (Lipinski definition) is 1. The van der Waals surface area contributed by atoms with Crippen LogP contribution in [0.15, 0.2) is 48.8 Å². The van der Waals surface area contributed by atoms with Crippen molar-refractivity contribution in [2.75, 3.05) is 5.32 Å². The number of hydrogen-bond acceptors (Lipinski definition) is 2. The molecule has 0 unspecified atom stereocenters. The maximum absolute atomic E-state index is 13.9. The summed E-state index contributed by atoms with van der Waals surface area (Å²) in [6.07, 6.45) is 3.14. The third-order valence-electron chi connectivity index (χ3n) is 3.61. The van der Waals surface area contributed by atoms with Crippen LogP contribution in [0.2, 0.25) is 0 Å². The standard InChI is InChI=1S/C18H14F3N3O/c1-11(25)23-14-4-2-3-12(9-14)18-22-7-8-24(18)10-13-5-6-15(19)17(21)16(13)20/h2-9H,10H2,1H3,(H,23,25). The van der Waals surface area contributed by atoms with E-state index in [-0.39, 0.29) is 18.0 Å². The lowest BCUT2D eigenvalue weighted by atomic mass is 10.1. The minimum absolute atomic E-state index is 0.0103. The Balaban J connectivity index is 1.94. The van der Waals surface area contributed by atoms with Crippen molar-refractivity contribution >= 4 is 11.6 Å². The predicted molar refractivity (Wildman–Crippen MR) is 87.4 cm³/mol. The molecule has 3 aromatic rings. The molecule has 0 fully saturated rings. The summed E-state index contributed by atoms with van der Waals surface area (Å²) in [6.45, 7) is 1.39. The normalized spacial score (nSPS) is 10.7. The highest BCUT2D eigenvalue weighted by molar-refractivity contribution is 5.89. The van der Waals surface area contributed by atoms with Crippen LogP contribution in [-0.2, 0) is 11.3 Å². The van der Waals surface area contributed by atoms with E-state index >= 15 is 0 Å². The van der Waals surface area contributed by atoms with Crippen LogP contribution >= 0.6 is 0 Å². The number of amides is 1. The zero-order valence-corrected chi connectivity index (χ0v) is 13.3. The second kappa shape index (κ2) is 6.80. The molecule has 7 heteroatoms. The Labute approximate surface area is 141 Å². The molecular formula is C18H14F3N3O. The van der Waals surface area contributed by atoms with E-state index in [1.165, 1.54) is 19.2 Å². The largest absolute Gasteiger partial charge is 0.326 e. The molecule has 1 N–H and O–H groups in total. The molecule has 0 aliphatic heterocycles. The fourth-order valence-electron chi connectivity index (χ4n) is 2.51. The van der Waals surface area contributed by atoms with E-state index in [4.69, 9.17) is 0 Å². The smallest absolute Gasteiger partial charge is 0.221 e. The van der Waals surface area contributed by atoms with Crippen LogP contribution in [0, 0.1) is 17.5 Å². The lowest BCUT2D eigenvalue weighted by Gasteiger charge is -2.11. The van der Waals surface area contributed by atoms with Crippen molar-refractivity contribution < 1.29 is 18.0 Å². The molecule has 2 aromatic carbocycles. The van der Waals surface area contributed by atoms with Gasteiger partial charge in [0.05, 0.1) is 6.54 Å². The van der Waals surface area contributed by atoms with Crippen molar-refractivity contribution in [3.8, 4) is 11.4 Å². The second-order valence-corrected chi connectivity index (χ2v) is 5.48. The van der Waals surface area contributed by atoms with Crippen LogP contribution < -0.4 is 5.32 Å². The van der Waals surface area contributed by atoms with E-state index in [9.17, 15) is 18.0 Å². The van der Waals surface area contributed by atoms with Crippen LogP contribution in [0.1, 0.15) is 12.5 Å². The first kappa shape index (κ1) is 16.8. The van der Waals surface area contributed by atoms with Gasteiger partial charge in [-0.05, 0) is 18.2 Å². The van der Waals surface area contributed by atoms with E-state index in [0.29, 0.717) is 17.1 Å². The zero-order valence-electron chi connectivity index (χ0n) is 13.3. The predicted octanol–water partition coefficient (Wildman–Crippen LogP) is 3.97. The van der Waals surface area contributed by atoms with Crippen LogP contribution in [0.5, 0.6) is 0 Å². The highest BCUT2D eigenvalue weighted by atomic mass is 19.2. The summed E-state index contributed by atoms with van der Waals surface area (Å²) in [4.78, 5) is 15.4. The first-order valence-corrected chi connectivity index (χ1v) is 7.47. The molecule has 0 saturated carbocycles. The zero-order chi connectivity index (χ0) is 18.0. The second-order valence-electron chi connectivity index (χ2n) is 5.48. The highest BCUT2D eigenvalue weighted by Gasteiger charge is 2.15. The van der Waals surface area contributed by atoms with Crippen LogP contribution in [0.4, 0.5) is 18.9 Å². The van der Waals surface area contributed by atoms with Gasteiger partial charge in [0.1, 0.15) is 5.82 Å². The van der Waals surface area contributed by atoms with E-state index in [1.54, 1.807) is 35.0 Å². The average Bonchev–Trinajstić information content (AvgIpc) is 3.03. The first-order valence-electron chi connectivity index (χ1n) is 7.47. The third-order valence-corrected chi connectivity index (χ3v) is 3.61. The molecule has 0 radical (unpaired) electrons. The summed E-state index contributed by atoms with van der Waals surface area (Å²) in [5, 5.41) is 2.67. The van der Waals surface area contributed by atoms with Crippen molar-refractivity contribution in [1.82, 2.24) is 9.55 Å². The molecule has 0 saturated heterocycles. The van der Waals surface area contributed by atoms with E-state index in [2.05, 4.69) is 10.3 Å². The number of anilines is 1. The SMILES string of the molecule is CC(=O)Nc1cccc(-c2nccn2Cc2ccc(F)c(F)c2F)c1. The number of rotatable bonds is 4. The number of halogens is 3. The number of carbonyl (C=O) groups is 1. The molecule has 0 aliphatic rings. The van der Waals surface area contributed by atoms with Gasteiger partial charge in [-0.1, -0.05) is 18.2 Å². The number of benzene rings is 2. The van der Waals surface area contributed by atoms with Crippen molar-refractivity contribution in [1.29, 1.82) is 0 Å². The molecular weight excluding hydrogens is 331 g/mol. The van der Waals surface area contributed by atoms with Crippen LogP contribution in [-0.4, -0.2) is 15.5 Å². The molecule has 128 valence electrons. The van der Waals surface area contributed by atoms with Gasteiger partial charge < -0.3 is 9.88 Å². The summed E-state index contributed by atoms with van der Waals surface area (Å²) >= 11 is 0. The molecule has 1 aromatic heterocycles. The van der Waals surface area contributed by atoms with Crippen molar-refractivity contribution in [3.63, 3.8) is 0 Å². The van der Waals surface area contributed by atoms with E-state index in [1.807, 2.05) is 0 Å². The topological polar surface area (TPSA) is 46.9 Å². The molecule has 0 spiro atoms. The summed E-state index contributed by atoms with van der Waals surface area (Å²) in [5.74, 6) is -3.63. The Bertz CT molecular complexity index is 937. The van der Waals surface area contributed by atoms with E-state index in [0.717, 1.165) is 6.07 Å². The summed E-state index contributed by atoms with van der Waals surface area (Å²) in [6, 6.07) is 9.07. The van der Waals surface area contributed by atoms with Gasteiger partial charge in [0.25, 0.3) is 0 Å². The number of nitrogens with one attached hydrogen (secondary N) is 1. The first-order chi connectivity index (χ1) is 12.0. The van der Waals surface area contributed by atoms with Gasteiger partial charge in [0.15, 0.2) is 17.5 Å². The lowest BCUT2D eigenvalue weighted by molar-refractivity contribution is -0.114. The number of imidazole rings is 1. The monoisotopic (exact) mass is 345 g/mol. The van der Waals surface area contributed by atoms with Gasteiger partial charge >= 0.3 is 0 Å². The lowest BCUT2D eigenvalue weighted by Crippen LogP contribution is -2.07. The Hall–Kier alpha value is -3.09. The third kappa shape index (κ3) is 3.55. The molecule has 4 nitrogen and oxygen atoms in total. The molecule has 1 heterocycles. The van der Waals surface area contributed by atoms with Crippen molar-refractivity contribution in [2.45, 2.75) is 13.5 Å². The fourth-order valence-corrected chi connectivity index (χ4v) is 2.51. The maximum Gasteiger partial charge on any atom is 0.221 e. The fraction of sp³-hybridized carbons (Fsp3) is 0.111. The summed E-state index contributed by atoms with van der Waals surface area (Å²) in [7, 11) is 0. The summed E-state index contributed by atoms with van der Waals surface area (Å²) in [5.41, 5.74) is 1.30. The van der Waals surface area contributed by atoms with Gasteiger partial charge in [-0.15, -0.1) is 0 Å². The molecule has 1 amide bonds. The van der Waals surface area contributed by atoms with Crippen LogP contribution in [0.3, 0.4) is 0 Å². The quantitative estimate of drug-likeness (QED) is 0.727. The molecule has 0 bridgehead atoms. The van der Waals surface area contributed by atoms with E-state index < -0.39 is 17.5 Å². The Morgan fingerprint density at radius 3 is 2.72 bits per heavy atom. The van der Waals surface area contributed by atoms with Gasteiger partial charge in [0.2, 0.25) is 5.91 Å². The average molecular weight is 345 g/mol. The van der Waals surface area contributed by atoms with Gasteiger partial charge in [-0.25, -0.2) is 18.2 Å². The molecule has 3 rings (SSSR count). The van der Waals surface area contributed by atoms with Gasteiger partial charge in [-0.3, -0.25) is 4.79 Å². The maximum atomic E-state index is 13.9. The highest BCUT2D eigenvalue weighted by Crippen LogP contribution is 2.23. The van der Waals surface area contributed by atoms with Crippen LogP contribution in [0.25, 0.3) is 11.4 Å². The Morgan fingerprint density at radius 2 is 1.96 bits per heavy atom. The number of carbonyl (C=O) groups excluding carboxylic acids is 1. The Morgan fingerprint density at radius 1 is 1.16 bits per heavy atom. The minimum Gasteiger partial charge on any atom is -0.326 e. The summed E-state index contributed by atoms with van der Waals surface area (Å²) < 4.78 is 42.0. The molecule has 25 heavy (non-hydrogen) atoms. The molecule has 0 aliphatic carbocycles. The number of nitrogens with zero attached hydrogens (tertiary/aromatic N) is 2. The van der Waals surface area contributed by atoms with Gasteiger partial charge in [0, 0.05) is 36.1 Å². The minimum atomic E-state index is -1.49. The van der Waals surface area contributed by atoms with Gasteiger partial charge in [-0.2, -0.15) is 0 Å². The number of aromatic nitrogens is 2. The Kier molecular flexibility index (Phi) is 4.56.